The van der Waals surface area contributed by atoms with Gasteiger partial charge >= 0.3 is 0 Å². The Labute approximate surface area is 119 Å². The van der Waals surface area contributed by atoms with Crippen molar-refractivity contribution < 1.29 is 4.39 Å². The van der Waals surface area contributed by atoms with Crippen LogP contribution in [-0.4, -0.2) is 30.6 Å². The van der Waals surface area contributed by atoms with Gasteiger partial charge in [-0.3, -0.25) is 4.90 Å². The van der Waals surface area contributed by atoms with Crippen LogP contribution in [0.2, 0.25) is 5.02 Å². The summed E-state index contributed by atoms with van der Waals surface area (Å²) in [6, 6.07) is 5.42. The van der Waals surface area contributed by atoms with Gasteiger partial charge in [0.25, 0.3) is 0 Å². The Morgan fingerprint density at radius 2 is 2.26 bits per heavy atom. The van der Waals surface area contributed by atoms with Crippen molar-refractivity contribution in [3.63, 3.8) is 0 Å². The Bertz CT molecular complexity index is 385. The molecule has 0 bridgehead atoms. The van der Waals surface area contributed by atoms with Crippen LogP contribution in [0, 0.1) is 5.82 Å². The Morgan fingerprint density at radius 1 is 1.42 bits per heavy atom. The van der Waals surface area contributed by atoms with E-state index >= 15 is 0 Å². The SMILES string of the molecule is CCN(Cc1c(F)cccc1Cl)CC1CCCCN1. The van der Waals surface area contributed by atoms with Gasteiger partial charge in [0.2, 0.25) is 0 Å². The zero-order valence-electron chi connectivity index (χ0n) is 11.5. The molecule has 0 aromatic heterocycles. The fourth-order valence-electron chi connectivity index (χ4n) is 2.60. The second-order valence-corrected chi connectivity index (χ2v) is 5.58. The van der Waals surface area contributed by atoms with Gasteiger partial charge in [-0.15, -0.1) is 0 Å². The predicted octanol–water partition coefficient (Wildman–Crippen LogP) is 3.44. The van der Waals surface area contributed by atoms with Gasteiger partial charge in [0.15, 0.2) is 0 Å². The van der Waals surface area contributed by atoms with Crippen LogP contribution in [0.5, 0.6) is 0 Å². The Hall–Kier alpha value is -0.640. The van der Waals surface area contributed by atoms with Crippen LogP contribution in [0.1, 0.15) is 31.7 Å². The summed E-state index contributed by atoms with van der Waals surface area (Å²) in [6.07, 6.45) is 3.76. The minimum absolute atomic E-state index is 0.206. The van der Waals surface area contributed by atoms with Gasteiger partial charge in [-0.25, -0.2) is 4.39 Å². The summed E-state index contributed by atoms with van der Waals surface area (Å²) < 4.78 is 13.8. The third kappa shape index (κ3) is 4.16. The number of benzene rings is 1. The molecule has 1 heterocycles. The third-order valence-corrected chi connectivity index (χ3v) is 4.14. The van der Waals surface area contributed by atoms with E-state index in [1.165, 1.54) is 25.3 Å². The minimum Gasteiger partial charge on any atom is -0.313 e. The standard InChI is InChI=1S/C15H22ClFN2/c1-2-19(10-12-6-3-4-9-18-12)11-13-14(16)7-5-8-15(13)17/h5,7-8,12,18H,2-4,6,9-11H2,1H3. The number of nitrogens with one attached hydrogen (secondary N) is 1. The second kappa shape index (κ2) is 7.22. The summed E-state index contributed by atoms with van der Waals surface area (Å²) in [5.74, 6) is -0.206. The van der Waals surface area contributed by atoms with Crippen LogP contribution in [0.3, 0.4) is 0 Å². The van der Waals surface area contributed by atoms with Crippen molar-refractivity contribution in [1.29, 1.82) is 0 Å². The van der Waals surface area contributed by atoms with E-state index in [-0.39, 0.29) is 5.82 Å². The van der Waals surface area contributed by atoms with Crippen molar-refractivity contribution in [2.45, 2.75) is 38.8 Å². The van der Waals surface area contributed by atoms with E-state index in [1.807, 2.05) is 0 Å². The molecule has 1 aliphatic heterocycles. The highest BCUT2D eigenvalue weighted by Gasteiger charge is 2.17. The predicted molar refractivity (Wildman–Crippen MR) is 78.0 cm³/mol. The van der Waals surface area contributed by atoms with Crippen LogP contribution < -0.4 is 5.32 Å². The minimum atomic E-state index is -0.206. The monoisotopic (exact) mass is 284 g/mol. The molecule has 1 fully saturated rings. The summed E-state index contributed by atoms with van der Waals surface area (Å²) in [5, 5.41) is 4.05. The molecule has 1 aliphatic rings. The van der Waals surface area contributed by atoms with Crippen LogP contribution in [-0.2, 0) is 6.54 Å². The van der Waals surface area contributed by atoms with Gasteiger partial charge in [-0.1, -0.05) is 31.0 Å². The molecule has 2 nitrogen and oxygen atoms in total. The van der Waals surface area contributed by atoms with Gasteiger partial charge in [0, 0.05) is 29.7 Å². The molecule has 1 unspecified atom stereocenters. The van der Waals surface area contributed by atoms with E-state index in [0.717, 1.165) is 19.6 Å². The average Bonchev–Trinajstić information content (AvgIpc) is 2.43. The highest BCUT2D eigenvalue weighted by Crippen LogP contribution is 2.21. The molecule has 1 N–H and O–H groups in total. The molecule has 106 valence electrons. The summed E-state index contributed by atoms with van der Waals surface area (Å²) >= 11 is 6.09. The van der Waals surface area contributed by atoms with Crippen LogP contribution in [0.15, 0.2) is 18.2 Å². The quantitative estimate of drug-likeness (QED) is 0.891. The number of piperidine rings is 1. The van der Waals surface area contributed by atoms with E-state index in [0.29, 0.717) is 23.2 Å². The average molecular weight is 285 g/mol. The van der Waals surface area contributed by atoms with Crippen LogP contribution >= 0.6 is 11.6 Å². The van der Waals surface area contributed by atoms with Gasteiger partial charge in [0.05, 0.1) is 0 Å². The normalized spacial score (nSPS) is 19.9. The Morgan fingerprint density at radius 3 is 2.89 bits per heavy atom. The van der Waals surface area contributed by atoms with E-state index in [2.05, 4.69) is 17.1 Å². The van der Waals surface area contributed by atoms with Crippen molar-refractivity contribution in [3.8, 4) is 0 Å². The summed E-state index contributed by atoms with van der Waals surface area (Å²) in [7, 11) is 0. The van der Waals surface area contributed by atoms with Gasteiger partial charge in [-0.05, 0) is 38.1 Å². The maximum absolute atomic E-state index is 13.8. The zero-order valence-corrected chi connectivity index (χ0v) is 12.2. The number of rotatable bonds is 5. The Kier molecular flexibility index (Phi) is 5.61. The first kappa shape index (κ1) is 14.8. The van der Waals surface area contributed by atoms with E-state index < -0.39 is 0 Å². The smallest absolute Gasteiger partial charge is 0.129 e. The van der Waals surface area contributed by atoms with Crippen molar-refractivity contribution in [3.05, 3.63) is 34.6 Å². The summed E-state index contributed by atoms with van der Waals surface area (Å²) in [5.41, 5.74) is 0.613. The fourth-order valence-corrected chi connectivity index (χ4v) is 2.83. The topological polar surface area (TPSA) is 15.3 Å². The van der Waals surface area contributed by atoms with Crippen LogP contribution in [0.25, 0.3) is 0 Å². The van der Waals surface area contributed by atoms with Crippen molar-refractivity contribution in [2.75, 3.05) is 19.6 Å². The molecular formula is C15H22ClFN2. The third-order valence-electron chi connectivity index (χ3n) is 3.78. The molecule has 4 heteroatoms. The maximum atomic E-state index is 13.8. The molecule has 19 heavy (non-hydrogen) atoms. The molecule has 1 aromatic rings. The van der Waals surface area contributed by atoms with E-state index in [9.17, 15) is 4.39 Å². The van der Waals surface area contributed by atoms with Crippen LogP contribution in [0.4, 0.5) is 4.39 Å². The molecule has 1 atom stereocenters. The Balaban J connectivity index is 1.98. The highest BCUT2D eigenvalue weighted by atomic mass is 35.5. The molecule has 0 saturated carbocycles. The zero-order chi connectivity index (χ0) is 13.7. The lowest BCUT2D eigenvalue weighted by molar-refractivity contribution is 0.224. The second-order valence-electron chi connectivity index (χ2n) is 5.17. The highest BCUT2D eigenvalue weighted by molar-refractivity contribution is 6.31. The number of hydrogen-bond acceptors (Lipinski definition) is 2. The number of halogens is 2. The summed E-state index contributed by atoms with van der Waals surface area (Å²) in [4.78, 5) is 2.26. The van der Waals surface area contributed by atoms with Gasteiger partial charge < -0.3 is 5.32 Å². The first-order valence-electron chi connectivity index (χ1n) is 7.09. The molecule has 2 rings (SSSR count). The lowest BCUT2D eigenvalue weighted by Crippen LogP contribution is -2.43. The number of likely N-dealkylation sites (N-methyl/N-ethyl adjacent to an activating group) is 1. The number of hydrogen-bond donors (Lipinski definition) is 1. The summed E-state index contributed by atoms with van der Waals surface area (Å²) in [6.45, 7) is 5.66. The van der Waals surface area contributed by atoms with Crippen molar-refractivity contribution in [1.82, 2.24) is 10.2 Å². The fraction of sp³-hybridized carbons (Fsp3) is 0.600. The van der Waals surface area contributed by atoms with Gasteiger partial charge in [-0.2, -0.15) is 0 Å². The number of nitrogens with zero attached hydrogens (tertiary/aromatic N) is 1. The van der Waals surface area contributed by atoms with Crippen molar-refractivity contribution in [2.24, 2.45) is 0 Å². The first-order chi connectivity index (χ1) is 9.20. The molecule has 0 radical (unpaired) electrons. The molecular weight excluding hydrogens is 263 g/mol. The van der Waals surface area contributed by atoms with Gasteiger partial charge in [0.1, 0.15) is 5.82 Å². The molecule has 1 saturated heterocycles. The molecule has 0 amide bonds. The molecule has 0 aliphatic carbocycles. The molecule has 0 spiro atoms. The molecule has 1 aromatic carbocycles. The van der Waals surface area contributed by atoms with E-state index in [4.69, 9.17) is 11.6 Å². The first-order valence-corrected chi connectivity index (χ1v) is 7.47. The largest absolute Gasteiger partial charge is 0.313 e. The maximum Gasteiger partial charge on any atom is 0.129 e. The van der Waals surface area contributed by atoms with E-state index in [1.54, 1.807) is 12.1 Å². The lowest BCUT2D eigenvalue weighted by atomic mass is 10.0. The lowest BCUT2D eigenvalue weighted by Gasteiger charge is -2.30. The van der Waals surface area contributed by atoms with Crippen molar-refractivity contribution >= 4 is 11.6 Å².